The van der Waals surface area contributed by atoms with E-state index in [2.05, 4.69) is 0 Å². The van der Waals surface area contributed by atoms with Crippen molar-refractivity contribution in [1.82, 2.24) is 0 Å². The van der Waals surface area contributed by atoms with E-state index < -0.39 is 4.92 Å². The molecule has 0 atom stereocenters. The van der Waals surface area contributed by atoms with Crippen LogP contribution in [-0.4, -0.2) is 10.0 Å². The predicted octanol–water partition coefficient (Wildman–Crippen LogP) is 2.82. The van der Waals surface area contributed by atoms with Crippen LogP contribution in [0.2, 0.25) is 0 Å². The number of rotatable bonds is 1. The highest BCUT2D eigenvalue weighted by Crippen LogP contribution is 2.37. The van der Waals surface area contributed by atoms with Crippen LogP contribution in [-0.2, 0) is 0 Å². The second-order valence-electron chi connectivity index (χ2n) is 2.96. The van der Waals surface area contributed by atoms with Gasteiger partial charge >= 0.3 is 0 Å². The van der Waals surface area contributed by atoms with Crippen LogP contribution in [0.5, 0.6) is 5.75 Å². The van der Waals surface area contributed by atoms with Gasteiger partial charge in [0.25, 0.3) is 5.69 Å². The minimum Gasteiger partial charge on any atom is -0.508 e. The summed E-state index contributed by atoms with van der Waals surface area (Å²) in [4.78, 5) is 10.2. The van der Waals surface area contributed by atoms with Crippen molar-refractivity contribution in [3.63, 3.8) is 0 Å². The van der Waals surface area contributed by atoms with Gasteiger partial charge in [-0.3, -0.25) is 10.1 Å². The Morgan fingerprint density at radius 1 is 1.50 bits per heavy atom. The van der Waals surface area contributed by atoms with Crippen LogP contribution < -0.4 is 0 Å². The zero-order chi connectivity index (χ0) is 10.3. The van der Waals surface area contributed by atoms with Gasteiger partial charge in [-0.05, 0) is 19.1 Å². The van der Waals surface area contributed by atoms with E-state index in [1.165, 1.54) is 16.7 Å². The molecule has 0 aliphatic heterocycles. The Morgan fingerprint density at radius 3 is 2.86 bits per heavy atom. The lowest BCUT2D eigenvalue weighted by Gasteiger charge is -1.98. The quantitative estimate of drug-likeness (QED) is 0.580. The zero-order valence-corrected chi connectivity index (χ0v) is 8.17. The third-order valence-electron chi connectivity index (χ3n) is 2.15. The van der Waals surface area contributed by atoms with Gasteiger partial charge in [-0.2, -0.15) is 0 Å². The highest BCUT2D eigenvalue weighted by atomic mass is 32.1. The fraction of sp³-hybridized carbons (Fsp3) is 0.111. The number of aromatic hydroxyl groups is 1. The molecular formula is C9H7NO3S. The van der Waals surface area contributed by atoms with Crippen LogP contribution >= 0.6 is 11.3 Å². The summed E-state index contributed by atoms with van der Waals surface area (Å²) in [6.07, 6.45) is 0. The van der Waals surface area contributed by atoms with Crippen LogP contribution in [0.4, 0.5) is 5.69 Å². The molecule has 0 unspecified atom stereocenters. The molecule has 14 heavy (non-hydrogen) atoms. The Morgan fingerprint density at radius 2 is 2.21 bits per heavy atom. The van der Waals surface area contributed by atoms with E-state index in [4.69, 9.17) is 0 Å². The molecule has 2 aromatic rings. The van der Waals surface area contributed by atoms with Crippen LogP contribution in [0.25, 0.3) is 10.1 Å². The van der Waals surface area contributed by atoms with Crippen molar-refractivity contribution < 1.29 is 10.0 Å². The molecule has 72 valence electrons. The van der Waals surface area contributed by atoms with Crippen molar-refractivity contribution in [2.45, 2.75) is 6.92 Å². The van der Waals surface area contributed by atoms with Crippen LogP contribution in [0.1, 0.15) is 5.56 Å². The molecule has 0 aliphatic rings. The van der Waals surface area contributed by atoms with Crippen molar-refractivity contribution in [2.24, 2.45) is 0 Å². The van der Waals surface area contributed by atoms with E-state index in [1.807, 2.05) is 0 Å². The van der Waals surface area contributed by atoms with Crippen molar-refractivity contribution in [3.05, 3.63) is 33.2 Å². The number of phenolic OH excluding ortho intramolecular Hbond substituents is 1. The molecule has 1 aromatic heterocycles. The molecule has 0 saturated heterocycles. The van der Waals surface area contributed by atoms with Gasteiger partial charge < -0.3 is 5.11 Å². The molecule has 0 amide bonds. The maximum Gasteiger partial charge on any atom is 0.288 e. The molecule has 5 heteroatoms. The average molecular weight is 209 g/mol. The maximum absolute atomic E-state index is 10.7. The lowest BCUT2D eigenvalue weighted by atomic mass is 10.1. The molecule has 4 nitrogen and oxygen atoms in total. The Hall–Kier alpha value is -1.62. The SMILES string of the molecule is Cc1c(O)ccc2scc([N+](=O)[O-])c12. The molecule has 2 rings (SSSR count). The molecule has 1 N–H and O–H groups in total. The number of phenols is 1. The van der Waals surface area contributed by atoms with Gasteiger partial charge in [0.05, 0.1) is 15.7 Å². The van der Waals surface area contributed by atoms with Gasteiger partial charge in [0.15, 0.2) is 0 Å². The van der Waals surface area contributed by atoms with Gasteiger partial charge in [-0.25, -0.2) is 0 Å². The minimum absolute atomic E-state index is 0.0680. The first kappa shape index (κ1) is 8.96. The Balaban J connectivity index is 2.89. The fourth-order valence-electron chi connectivity index (χ4n) is 1.40. The first-order valence-electron chi connectivity index (χ1n) is 3.95. The summed E-state index contributed by atoms with van der Waals surface area (Å²) in [6.45, 7) is 1.68. The van der Waals surface area contributed by atoms with Gasteiger partial charge in [0.2, 0.25) is 0 Å². The Labute approximate surface area is 83.6 Å². The smallest absolute Gasteiger partial charge is 0.288 e. The lowest BCUT2D eigenvalue weighted by molar-refractivity contribution is -0.382. The van der Waals surface area contributed by atoms with Gasteiger partial charge in [0.1, 0.15) is 5.75 Å². The minimum atomic E-state index is -0.425. The Kier molecular flexibility index (Phi) is 1.89. The zero-order valence-electron chi connectivity index (χ0n) is 7.35. The summed E-state index contributed by atoms with van der Waals surface area (Å²) in [5, 5.41) is 22.1. The highest BCUT2D eigenvalue weighted by Gasteiger charge is 2.17. The number of fused-ring (bicyclic) bond motifs is 1. The normalized spacial score (nSPS) is 10.6. The average Bonchev–Trinajstić information content (AvgIpc) is 2.55. The van der Waals surface area contributed by atoms with Crippen LogP contribution in [0, 0.1) is 17.0 Å². The predicted molar refractivity (Wildman–Crippen MR) is 54.9 cm³/mol. The van der Waals surface area contributed by atoms with E-state index >= 15 is 0 Å². The number of nitrogens with zero attached hydrogens (tertiary/aromatic N) is 1. The van der Waals surface area contributed by atoms with E-state index in [0.29, 0.717) is 10.9 Å². The summed E-state index contributed by atoms with van der Waals surface area (Å²) in [6, 6.07) is 3.24. The number of hydrogen-bond acceptors (Lipinski definition) is 4. The first-order chi connectivity index (χ1) is 6.61. The molecule has 0 saturated carbocycles. The number of hydrogen-bond donors (Lipinski definition) is 1. The summed E-state index contributed by atoms with van der Waals surface area (Å²) >= 11 is 1.31. The number of thiophene rings is 1. The van der Waals surface area contributed by atoms with E-state index in [0.717, 1.165) is 4.70 Å². The molecule has 0 fully saturated rings. The van der Waals surface area contributed by atoms with Crippen molar-refractivity contribution in [3.8, 4) is 5.75 Å². The monoisotopic (exact) mass is 209 g/mol. The fourth-order valence-corrected chi connectivity index (χ4v) is 2.37. The molecular weight excluding hydrogens is 202 g/mol. The first-order valence-corrected chi connectivity index (χ1v) is 4.83. The molecule has 0 bridgehead atoms. The summed E-state index contributed by atoms with van der Waals surface area (Å²) in [7, 11) is 0. The van der Waals surface area contributed by atoms with Crippen molar-refractivity contribution >= 4 is 27.1 Å². The lowest BCUT2D eigenvalue weighted by Crippen LogP contribution is -1.86. The van der Waals surface area contributed by atoms with E-state index in [-0.39, 0.29) is 11.4 Å². The second-order valence-corrected chi connectivity index (χ2v) is 3.87. The van der Waals surface area contributed by atoms with Crippen LogP contribution in [0.3, 0.4) is 0 Å². The number of nitro groups is 1. The molecule has 1 heterocycles. The summed E-state index contributed by atoms with van der Waals surface area (Å²) in [5.74, 6) is 0.0963. The maximum atomic E-state index is 10.7. The third kappa shape index (κ3) is 1.13. The number of aryl methyl sites for hydroxylation is 1. The van der Waals surface area contributed by atoms with E-state index in [1.54, 1.807) is 19.1 Å². The van der Waals surface area contributed by atoms with Crippen molar-refractivity contribution in [2.75, 3.05) is 0 Å². The summed E-state index contributed by atoms with van der Waals surface area (Å²) in [5.41, 5.74) is 0.633. The molecule has 0 spiro atoms. The molecule has 0 aliphatic carbocycles. The Bertz CT molecular complexity index is 518. The van der Waals surface area contributed by atoms with E-state index in [9.17, 15) is 15.2 Å². The van der Waals surface area contributed by atoms with Crippen molar-refractivity contribution in [1.29, 1.82) is 0 Å². The van der Waals surface area contributed by atoms with Crippen LogP contribution in [0.15, 0.2) is 17.5 Å². The number of benzene rings is 1. The standard InChI is InChI=1S/C9H7NO3S/c1-5-7(11)2-3-8-9(5)6(4-14-8)10(12)13/h2-4,11H,1H3. The molecule has 1 aromatic carbocycles. The third-order valence-corrected chi connectivity index (χ3v) is 3.08. The highest BCUT2D eigenvalue weighted by molar-refractivity contribution is 7.17. The van der Waals surface area contributed by atoms with Gasteiger partial charge in [0, 0.05) is 10.3 Å². The molecule has 0 radical (unpaired) electrons. The summed E-state index contributed by atoms with van der Waals surface area (Å²) < 4.78 is 0.826. The second kappa shape index (κ2) is 2.95. The van der Waals surface area contributed by atoms with Gasteiger partial charge in [-0.15, -0.1) is 11.3 Å². The topological polar surface area (TPSA) is 63.4 Å². The van der Waals surface area contributed by atoms with Gasteiger partial charge in [-0.1, -0.05) is 0 Å². The largest absolute Gasteiger partial charge is 0.508 e.